The van der Waals surface area contributed by atoms with E-state index >= 15 is 0 Å². The Morgan fingerprint density at radius 1 is 1.21 bits per heavy atom. The summed E-state index contributed by atoms with van der Waals surface area (Å²) in [7, 11) is -1.81. The third kappa shape index (κ3) is 4.21. The van der Waals surface area contributed by atoms with Crippen LogP contribution in [0.2, 0.25) is 0 Å². The van der Waals surface area contributed by atoms with E-state index in [4.69, 9.17) is 4.74 Å². The minimum absolute atomic E-state index is 0.0520. The maximum absolute atomic E-state index is 13.8. The minimum atomic E-state index is -3.16. The van der Waals surface area contributed by atoms with E-state index in [1.54, 1.807) is 19.1 Å². The number of carbonyl (C=O) groups is 1. The van der Waals surface area contributed by atoms with E-state index in [1.165, 1.54) is 25.3 Å². The van der Waals surface area contributed by atoms with Crippen molar-refractivity contribution >= 4 is 31.6 Å². The zero-order valence-corrected chi connectivity index (χ0v) is 15.6. The molecule has 0 saturated carbocycles. The summed E-state index contributed by atoms with van der Waals surface area (Å²) in [5, 5.41) is 0. The first-order chi connectivity index (χ1) is 11.3. The molecule has 0 aliphatic carbocycles. The fourth-order valence-electron chi connectivity index (χ4n) is 2.15. The average Bonchev–Trinajstić information content (AvgIpc) is 2.54. The number of ketones is 1. The molecule has 0 aromatic heterocycles. The lowest BCUT2D eigenvalue weighted by molar-refractivity contribution is 0.103. The molecule has 0 spiro atoms. The molecule has 0 aliphatic rings. The first-order valence-electron chi connectivity index (χ1n) is 7.14. The number of benzene rings is 2. The van der Waals surface area contributed by atoms with Crippen LogP contribution in [0, 0.1) is 5.82 Å². The molecule has 0 bridgehead atoms. The smallest absolute Gasteiger partial charge is 0.194 e. The molecule has 0 N–H and O–H groups in total. The summed E-state index contributed by atoms with van der Waals surface area (Å²) < 4.78 is 42.4. The van der Waals surface area contributed by atoms with Crippen LogP contribution in [-0.2, 0) is 15.6 Å². The fraction of sp³-hybridized carbons (Fsp3) is 0.235. The van der Waals surface area contributed by atoms with Gasteiger partial charge in [-0.2, -0.15) is 0 Å². The first-order valence-corrected chi connectivity index (χ1v) is 9.76. The SMILES string of the molecule is CCS(=O)(=O)Cc1ccc(C(=O)c2ccc(OC)c(F)c2)c(Br)c1. The van der Waals surface area contributed by atoms with E-state index in [2.05, 4.69) is 15.9 Å². The Kier molecular flexibility index (Phi) is 5.77. The Balaban J connectivity index is 2.32. The summed E-state index contributed by atoms with van der Waals surface area (Å²) in [6.45, 7) is 1.58. The van der Waals surface area contributed by atoms with E-state index in [9.17, 15) is 17.6 Å². The van der Waals surface area contributed by atoms with Crippen LogP contribution in [0.3, 0.4) is 0 Å². The highest BCUT2D eigenvalue weighted by Gasteiger charge is 2.17. The van der Waals surface area contributed by atoms with Gasteiger partial charge in [0.1, 0.15) is 0 Å². The van der Waals surface area contributed by atoms with Gasteiger partial charge in [-0.05, 0) is 35.9 Å². The normalized spacial score (nSPS) is 11.3. The first kappa shape index (κ1) is 18.6. The van der Waals surface area contributed by atoms with E-state index in [-0.39, 0.29) is 28.6 Å². The number of rotatable bonds is 6. The second-order valence-electron chi connectivity index (χ2n) is 5.17. The number of ether oxygens (including phenoxy) is 1. The lowest BCUT2D eigenvalue weighted by atomic mass is 10.0. The molecular formula is C17H16BrFO4S. The summed E-state index contributed by atoms with van der Waals surface area (Å²) in [5.41, 5.74) is 1.10. The third-order valence-corrected chi connectivity index (χ3v) is 5.83. The summed E-state index contributed by atoms with van der Waals surface area (Å²) in [4.78, 5) is 12.5. The average molecular weight is 415 g/mol. The molecule has 4 nitrogen and oxygen atoms in total. The van der Waals surface area contributed by atoms with Crippen molar-refractivity contribution in [2.45, 2.75) is 12.7 Å². The number of sulfone groups is 1. The number of hydrogen-bond acceptors (Lipinski definition) is 4. The van der Waals surface area contributed by atoms with Crippen LogP contribution in [0.1, 0.15) is 28.4 Å². The Bertz CT molecular complexity index is 878. The largest absolute Gasteiger partial charge is 0.494 e. The van der Waals surface area contributed by atoms with Gasteiger partial charge in [-0.3, -0.25) is 4.79 Å². The molecule has 0 heterocycles. The maximum atomic E-state index is 13.8. The monoisotopic (exact) mass is 414 g/mol. The highest BCUT2D eigenvalue weighted by atomic mass is 79.9. The van der Waals surface area contributed by atoms with Crippen LogP contribution in [0.15, 0.2) is 40.9 Å². The third-order valence-electron chi connectivity index (χ3n) is 3.52. The number of hydrogen-bond donors (Lipinski definition) is 0. The van der Waals surface area contributed by atoms with Gasteiger partial charge < -0.3 is 4.74 Å². The topological polar surface area (TPSA) is 60.4 Å². The Hall–Kier alpha value is -1.73. The van der Waals surface area contributed by atoms with Crippen LogP contribution in [0.5, 0.6) is 5.75 Å². The molecule has 2 aromatic carbocycles. The Labute approximate surface area is 148 Å². The van der Waals surface area contributed by atoms with Gasteiger partial charge in [0.25, 0.3) is 0 Å². The van der Waals surface area contributed by atoms with Crippen LogP contribution < -0.4 is 4.74 Å². The van der Waals surface area contributed by atoms with Crippen molar-refractivity contribution in [1.29, 1.82) is 0 Å². The molecule has 24 heavy (non-hydrogen) atoms. The van der Waals surface area contributed by atoms with Crippen molar-refractivity contribution in [3.8, 4) is 5.75 Å². The predicted molar refractivity (Wildman–Crippen MR) is 93.7 cm³/mol. The number of halogens is 2. The van der Waals surface area contributed by atoms with Gasteiger partial charge in [0.15, 0.2) is 27.2 Å². The minimum Gasteiger partial charge on any atom is -0.494 e. The lowest BCUT2D eigenvalue weighted by Crippen LogP contribution is -2.08. The molecule has 7 heteroatoms. The van der Waals surface area contributed by atoms with Crippen LogP contribution in [0.25, 0.3) is 0 Å². The molecule has 0 aliphatic heterocycles. The fourth-order valence-corrected chi connectivity index (χ4v) is 3.65. The lowest BCUT2D eigenvalue weighted by Gasteiger charge is -2.08. The Morgan fingerprint density at radius 3 is 2.46 bits per heavy atom. The van der Waals surface area contributed by atoms with Gasteiger partial charge in [-0.1, -0.05) is 28.9 Å². The van der Waals surface area contributed by atoms with Gasteiger partial charge in [0.2, 0.25) is 0 Å². The van der Waals surface area contributed by atoms with Crippen molar-refractivity contribution in [3.05, 3.63) is 63.4 Å². The quantitative estimate of drug-likeness (QED) is 0.675. The van der Waals surface area contributed by atoms with Crippen molar-refractivity contribution in [3.63, 3.8) is 0 Å². The highest BCUT2D eigenvalue weighted by Crippen LogP contribution is 2.25. The van der Waals surface area contributed by atoms with Crippen molar-refractivity contribution in [2.24, 2.45) is 0 Å². The Morgan fingerprint density at radius 2 is 1.92 bits per heavy atom. The van der Waals surface area contributed by atoms with E-state index in [0.29, 0.717) is 15.6 Å². The molecule has 0 atom stereocenters. The molecule has 0 amide bonds. The van der Waals surface area contributed by atoms with Crippen LogP contribution in [-0.4, -0.2) is 27.1 Å². The van der Waals surface area contributed by atoms with Gasteiger partial charge in [0, 0.05) is 21.4 Å². The molecule has 2 aromatic rings. The van der Waals surface area contributed by atoms with Gasteiger partial charge in [-0.25, -0.2) is 12.8 Å². The molecule has 0 radical (unpaired) electrons. The number of methoxy groups -OCH3 is 1. The van der Waals surface area contributed by atoms with Crippen molar-refractivity contribution in [1.82, 2.24) is 0 Å². The van der Waals surface area contributed by atoms with E-state index < -0.39 is 15.7 Å². The van der Waals surface area contributed by atoms with Crippen molar-refractivity contribution in [2.75, 3.05) is 12.9 Å². The van der Waals surface area contributed by atoms with Crippen molar-refractivity contribution < 1.29 is 22.3 Å². The second-order valence-corrected chi connectivity index (χ2v) is 8.38. The summed E-state index contributed by atoms with van der Waals surface area (Å²) in [5.74, 6) is -0.964. The van der Waals surface area contributed by atoms with Gasteiger partial charge in [0.05, 0.1) is 12.9 Å². The summed E-state index contributed by atoms with van der Waals surface area (Å²) >= 11 is 3.29. The predicted octanol–water partition coefficient (Wildman–Crippen LogP) is 3.76. The van der Waals surface area contributed by atoms with Crippen LogP contribution >= 0.6 is 15.9 Å². The van der Waals surface area contributed by atoms with Crippen LogP contribution in [0.4, 0.5) is 4.39 Å². The number of carbonyl (C=O) groups excluding carboxylic acids is 1. The molecule has 0 saturated heterocycles. The molecule has 2 rings (SSSR count). The standard InChI is InChI=1S/C17H16BrFO4S/c1-3-24(21,22)10-11-4-6-13(14(18)8-11)17(20)12-5-7-16(23-2)15(19)9-12/h4-9H,3,10H2,1-2H3. The van der Waals surface area contributed by atoms with E-state index in [1.807, 2.05) is 0 Å². The molecule has 0 unspecified atom stereocenters. The molecular weight excluding hydrogens is 399 g/mol. The van der Waals surface area contributed by atoms with Gasteiger partial charge >= 0.3 is 0 Å². The van der Waals surface area contributed by atoms with Gasteiger partial charge in [-0.15, -0.1) is 0 Å². The zero-order valence-electron chi connectivity index (χ0n) is 13.2. The molecule has 0 fully saturated rings. The summed E-state index contributed by atoms with van der Waals surface area (Å²) in [6, 6.07) is 8.70. The zero-order chi connectivity index (χ0) is 17.9. The highest BCUT2D eigenvalue weighted by molar-refractivity contribution is 9.10. The second kappa shape index (κ2) is 7.44. The van der Waals surface area contributed by atoms with E-state index in [0.717, 1.165) is 6.07 Å². The summed E-state index contributed by atoms with van der Waals surface area (Å²) in [6.07, 6.45) is 0. The maximum Gasteiger partial charge on any atom is 0.194 e. The molecule has 128 valence electrons.